The predicted molar refractivity (Wildman–Crippen MR) is 26.7 cm³/mol. The molecule has 0 amide bonds. The van der Waals surface area contributed by atoms with Gasteiger partial charge in [-0.2, -0.15) is 22.0 Å². The monoisotopic (exact) mass is 177 g/mol. The Balaban J connectivity index is 3.15. The van der Waals surface area contributed by atoms with Crippen LogP contribution in [0.4, 0.5) is 22.0 Å². The first-order valence-corrected chi connectivity index (χ1v) is 2.79. The molecule has 0 aliphatic heterocycles. The first kappa shape index (κ1) is 10.6. The summed E-state index contributed by atoms with van der Waals surface area (Å²) in [7, 11) is 0. The maximum absolute atomic E-state index is 11.3. The highest BCUT2D eigenvalue weighted by atomic mass is 19.4. The highest BCUT2D eigenvalue weighted by Crippen LogP contribution is 2.21. The van der Waals surface area contributed by atoms with Crippen LogP contribution in [0.3, 0.4) is 0 Å². The highest BCUT2D eigenvalue weighted by Gasteiger charge is 2.26. The fourth-order valence-electron chi connectivity index (χ4n) is 0.422. The minimum absolute atomic E-state index is 0.444. The van der Waals surface area contributed by atoms with E-state index in [1.165, 1.54) is 0 Å². The van der Waals surface area contributed by atoms with Gasteiger partial charge in [0.1, 0.15) is 0 Å². The fourth-order valence-corrected chi connectivity index (χ4v) is 0.422. The van der Waals surface area contributed by atoms with Gasteiger partial charge < -0.3 is 4.74 Å². The van der Waals surface area contributed by atoms with Crippen molar-refractivity contribution < 1.29 is 26.7 Å². The molecule has 11 heavy (non-hydrogen) atoms. The van der Waals surface area contributed by atoms with E-state index in [0.717, 1.165) is 0 Å². The maximum atomic E-state index is 11.3. The molecule has 0 saturated heterocycles. The Hall–Kier alpha value is -0.390. The first-order valence-electron chi connectivity index (χ1n) is 2.79. The number of hydrogen-bond acceptors (Lipinski definition) is 1. The molecule has 67 valence electrons. The van der Waals surface area contributed by atoms with Crippen molar-refractivity contribution in [3.8, 4) is 0 Å². The van der Waals surface area contributed by atoms with E-state index in [4.69, 9.17) is 0 Å². The molecule has 0 bridgehead atoms. The van der Waals surface area contributed by atoms with E-state index in [-0.39, 0.29) is 0 Å². The second kappa shape index (κ2) is 4.48. The van der Waals surface area contributed by atoms with Crippen LogP contribution in [-0.4, -0.2) is 12.8 Å². The van der Waals surface area contributed by atoms with Crippen LogP contribution in [0.25, 0.3) is 0 Å². The van der Waals surface area contributed by atoms with Crippen LogP contribution in [0, 0.1) is 6.61 Å². The van der Waals surface area contributed by atoms with Crippen molar-refractivity contribution in [1.29, 1.82) is 0 Å². The van der Waals surface area contributed by atoms with Crippen LogP contribution in [0.1, 0.15) is 12.8 Å². The Kier molecular flexibility index (Phi) is 4.32. The molecule has 1 nitrogen and oxygen atoms in total. The van der Waals surface area contributed by atoms with Crippen molar-refractivity contribution in [2.24, 2.45) is 0 Å². The summed E-state index contributed by atoms with van der Waals surface area (Å²) in [5, 5.41) is 0. The summed E-state index contributed by atoms with van der Waals surface area (Å²) < 4.78 is 59.6. The molecule has 0 heterocycles. The lowest BCUT2D eigenvalue weighted by molar-refractivity contribution is -0.140. The zero-order chi connectivity index (χ0) is 8.91. The molecular formula is C5H6F5O. The quantitative estimate of drug-likeness (QED) is 0.473. The fraction of sp³-hybridized carbons (Fsp3) is 0.800. The second-order valence-corrected chi connectivity index (χ2v) is 1.79. The average molecular weight is 177 g/mol. The van der Waals surface area contributed by atoms with Gasteiger partial charge in [-0.3, -0.25) is 0 Å². The molecule has 0 aromatic heterocycles. The molecule has 0 aliphatic carbocycles. The van der Waals surface area contributed by atoms with E-state index in [2.05, 4.69) is 4.74 Å². The largest absolute Gasteiger partial charge is 0.448 e. The minimum Gasteiger partial charge on any atom is -0.313 e. The van der Waals surface area contributed by atoms with Crippen LogP contribution in [0.5, 0.6) is 0 Å². The van der Waals surface area contributed by atoms with E-state index in [0.29, 0.717) is 0 Å². The molecule has 0 spiro atoms. The van der Waals surface area contributed by atoms with Gasteiger partial charge >= 0.3 is 12.8 Å². The van der Waals surface area contributed by atoms with Crippen LogP contribution in [0.2, 0.25) is 0 Å². The molecule has 0 aliphatic rings. The van der Waals surface area contributed by atoms with Crippen LogP contribution in [0.15, 0.2) is 0 Å². The van der Waals surface area contributed by atoms with E-state index >= 15 is 0 Å². The second-order valence-electron chi connectivity index (χ2n) is 1.79. The average Bonchev–Trinajstić information content (AvgIpc) is 1.78. The zero-order valence-electron chi connectivity index (χ0n) is 5.42. The summed E-state index contributed by atoms with van der Waals surface area (Å²) in [6.45, 7) is -2.89. The SMILES string of the molecule is F[C](F)OCCCC(F)(F)F. The summed E-state index contributed by atoms with van der Waals surface area (Å²) in [5.41, 5.74) is 0. The van der Waals surface area contributed by atoms with Crippen molar-refractivity contribution in [2.75, 3.05) is 6.61 Å². The van der Waals surface area contributed by atoms with Gasteiger partial charge in [-0.1, -0.05) is 0 Å². The number of hydrogen-bond donors (Lipinski definition) is 0. The Morgan fingerprint density at radius 1 is 1.18 bits per heavy atom. The standard InChI is InChI=1S/C5H6F5O/c6-4(7)11-3-1-2-5(8,9)10/h1-3H2. The first-order chi connectivity index (χ1) is 4.92. The van der Waals surface area contributed by atoms with Crippen LogP contribution >= 0.6 is 0 Å². The molecule has 0 fully saturated rings. The lowest BCUT2D eigenvalue weighted by Crippen LogP contribution is -2.08. The molecular weight excluding hydrogens is 171 g/mol. The topological polar surface area (TPSA) is 9.23 Å². The molecule has 0 atom stereocenters. The van der Waals surface area contributed by atoms with Crippen molar-refractivity contribution in [3.05, 3.63) is 6.61 Å². The summed E-state index contributed by atoms with van der Waals surface area (Å²) in [6, 6.07) is 0. The lowest BCUT2D eigenvalue weighted by atomic mass is 10.3. The van der Waals surface area contributed by atoms with Gasteiger partial charge in [-0.15, -0.1) is 0 Å². The highest BCUT2D eigenvalue weighted by molar-refractivity contribution is 4.50. The number of halogens is 5. The number of rotatable bonds is 4. The van der Waals surface area contributed by atoms with Gasteiger partial charge in [0.15, 0.2) is 0 Å². The Bertz CT molecular complexity index is 99.5. The summed E-state index contributed by atoms with van der Waals surface area (Å²) in [4.78, 5) is 0. The summed E-state index contributed by atoms with van der Waals surface area (Å²) in [6.07, 6.45) is -5.84. The van der Waals surface area contributed by atoms with E-state index in [1.807, 2.05) is 0 Å². The van der Waals surface area contributed by atoms with E-state index in [9.17, 15) is 22.0 Å². The summed E-state index contributed by atoms with van der Waals surface area (Å²) >= 11 is 0. The normalized spacial score (nSPS) is 12.5. The van der Waals surface area contributed by atoms with Gasteiger partial charge in [-0.05, 0) is 6.42 Å². The molecule has 0 aromatic carbocycles. The van der Waals surface area contributed by atoms with Crippen molar-refractivity contribution in [2.45, 2.75) is 19.0 Å². The van der Waals surface area contributed by atoms with Gasteiger partial charge in [0.25, 0.3) is 0 Å². The maximum Gasteiger partial charge on any atom is 0.448 e. The molecule has 0 unspecified atom stereocenters. The third-order valence-electron chi connectivity index (χ3n) is 0.816. The van der Waals surface area contributed by atoms with E-state index < -0.39 is 32.2 Å². The third-order valence-corrected chi connectivity index (χ3v) is 0.816. The molecule has 6 heteroatoms. The molecule has 0 aromatic rings. The van der Waals surface area contributed by atoms with Gasteiger partial charge in [-0.25, -0.2) is 0 Å². The van der Waals surface area contributed by atoms with Crippen LogP contribution < -0.4 is 0 Å². The zero-order valence-corrected chi connectivity index (χ0v) is 5.42. The smallest absolute Gasteiger partial charge is 0.313 e. The van der Waals surface area contributed by atoms with Crippen LogP contribution in [-0.2, 0) is 4.74 Å². The molecule has 1 radical (unpaired) electrons. The van der Waals surface area contributed by atoms with Gasteiger partial charge in [0.05, 0.1) is 6.61 Å². The predicted octanol–water partition coefficient (Wildman–Crippen LogP) is 2.73. The molecule has 0 N–H and O–H groups in total. The number of ether oxygens (including phenoxy) is 1. The van der Waals surface area contributed by atoms with Crippen molar-refractivity contribution >= 4 is 0 Å². The van der Waals surface area contributed by atoms with E-state index in [1.54, 1.807) is 0 Å². The third kappa shape index (κ3) is 9.61. The Morgan fingerprint density at radius 2 is 1.73 bits per heavy atom. The Labute approximate surface area is 60.1 Å². The Morgan fingerprint density at radius 3 is 2.09 bits per heavy atom. The minimum atomic E-state index is -4.30. The summed E-state index contributed by atoms with van der Waals surface area (Å²) in [5.74, 6) is 0. The van der Waals surface area contributed by atoms with Gasteiger partial charge in [0, 0.05) is 6.42 Å². The molecule has 0 rings (SSSR count). The lowest BCUT2D eigenvalue weighted by Gasteiger charge is -2.04. The van der Waals surface area contributed by atoms with Crippen molar-refractivity contribution in [1.82, 2.24) is 0 Å². The van der Waals surface area contributed by atoms with Gasteiger partial charge in [0.2, 0.25) is 0 Å². The van der Waals surface area contributed by atoms with Crippen molar-refractivity contribution in [3.63, 3.8) is 0 Å². The molecule has 0 saturated carbocycles. The number of alkyl halides is 3.